The van der Waals surface area contributed by atoms with Crippen LogP contribution in [0, 0.1) is 0 Å². The highest BCUT2D eigenvalue weighted by atomic mass is 79.9. The minimum atomic E-state index is -0.319. The number of halogens is 1. The molecule has 0 fully saturated rings. The van der Waals surface area contributed by atoms with Crippen LogP contribution in [-0.2, 0) is 5.54 Å². The Hall–Kier alpha value is -1.20. The van der Waals surface area contributed by atoms with E-state index in [9.17, 15) is 0 Å². The zero-order valence-corrected chi connectivity index (χ0v) is 11.6. The number of aromatic nitrogens is 2. The van der Waals surface area contributed by atoms with Crippen LogP contribution in [-0.4, -0.2) is 17.2 Å². The number of hydrogen-bond acceptors (Lipinski definition) is 4. The smallest absolute Gasteiger partial charge is 0.246 e. The summed E-state index contributed by atoms with van der Waals surface area (Å²) in [7, 11) is 1.86. The van der Waals surface area contributed by atoms with Crippen molar-refractivity contribution in [3.63, 3.8) is 0 Å². The molecule has 0 unspecified atom stereocenters. The van der Waals surface area contributed by atoms with Gasteiger partial charge in [-0.3, -0.25) is 0 Å². The molecule has 2 rings (SSSR count). The first-order valence-corrected chi connectivity index (χ1v) is 6.11. The maximum absolute atomic E-state index is 5.27. The van der Waals surface area contributed by atoms with Crippen molar-refractivity contribution in [2.75, 3.05) is 7.05 Å². The van der Waals surface area contributed by atoms with Gasteiger partial charge in [0, 0.05) is 10.0 Å². The van der Waals surface area contributed by atoms with Crippen molar-refractivity contribution in [3.8, 4) is 11.4 Å². The molecular formula is C12H14BrN3O. The van der Waals surface area contributed by atoms with Gasteiger partial charge in [0.1, 0.15) is 0 Å². The Morgan fingerprint density at radius 2 is 1.88 bits per heavy atom. The number of rotatable bonds is 3. The summed E-state index contributed by atoms with van der Waals surface area (Å²) in [5.74, 6) is 1.19. The number of benzene rings is 1. The quantitative estimate of drug-likeness (QED) is 0.946. The van der Waals surface area contributed by atoms with Crippen LogP contribution in [0.3, 0.4) is 0 Å². The van der Waals surface area contributed by atoms with Gasteiger partial charge in [-0.2, -0.15) is 4.98 Å². The Morgan fingerprint density at radius 1 is 1.24 bits per heavy atom. The van der Waals surface area contributed by atoms with Crippen LogP contribution < -0.4 is 5.32 Å². The van der Waals surface area contributed by atoms with Gasteiger partial charge in [-0.15, -0.1) is 0 Å². The lowest BCUT2D eigenvalue weighted by Gasteiger charge is -2.17. The van der Waals surface area contributed by atoms with Crippen molar-refractivity contribution >= 4 is 15.9 Å². The molecule has 1 aromatic heterocycles. The van der Waals surface area contributed by atoms with Gasteiger partial charge < -0.3 is 9.84 Å². The minimum absolute atomic E-state index is 0.319. The van der Waals surface area contributed by atoms with Crippen molar-refractivity contribution in [2.45, 2.75) is 19.4 Å². The van der Waals surface area contributed by atoms with Crippen LogP contribution in [0.2, 0.25) is 0 Å². The molecule has 90 valence electrons. The van der Waals surface area contributed by atoms with E-state index in [1.807, 2.05) is 45.2 Å². The first kappa shape index (κ1) is 12.3. The average Bonchev–Trinajstić information content (AvgIpc) is 2.80. The Bertz CT molecular complexity index is 505. The summed E-state index contributed by atoms with van der Waals surface area (Å²) >= 11 is 3.39. The molecule has 2 aromatic rings. The lowest BCUT2D eigenvalue weighted by molar-refractivity contribution is 0.281. The summed E-state index contributed by atoms with van der Waals surface area (Å²) < 4.78 is 6.30. The van der Waals surface area contributed by atoms with Crippen molar-refractivity contribution < 1.29 is 4.52 Å². The summed E-state index contributed by atoms with van der Waals surface area (Å²) in [6.45, 7) is 3.98. The molecule has 5 heteroatoms. The topological polar surface area (TPSA) is 51.0 Å². The summed E-state index contributed by atoms with van der Waals surface area (Å²) in [4.78, 5) is 4.40. The van der Waals surface area contributed by atoms with Crippen molar-refractivity contribution in [2.24, 2.45) is 0 Å². The molecule has 1 N–H and O–H groups in total. The fourth-order valence-corrected chi connectivity index (χ4v) is 1.56. The van der Waals surface area contributed by atoms with E-state index in [1.54, 1.807) is 0 Å². The molecule has 1 aromatic carbocycles. The van der Waals surface area contributed by atoms with E-state index in [1.165, 1.54) is 0 Å². The van der Waals surface area contributed by atoms with E-state index >= 15 is 0 Å². The number of nitrogens with one attached hydrogen (secondary N) is 1. The van der Waals surface area contributed by atoms with Gasteiger partial charge in [-0.25, -0.2) is 0 Å². The van der Waals surface area contributed by atoms with Crippen LogP contribution in [0.1, 0.15) is 19.7 Å². The molecule has 0 atom stereocenters. The third-order valence-corrected chi connectivity index (χ3v) is 3.22. The summed E-state index contributed by atoms with van der Waals surface area (Å²) in [6, 6.07) is 7.80. The molecule has 0 saturated carbocycles. The van der Waals surface area contributed by atoms with Gasteiger partial charge in [0.15, 0.2) is 0 Å². The predicted molar refractivity (Wildman–Crippen MR) is 69.5 cm³/mol. The Labute approximate surface area is 109 Å². The largest absolute Gasteiger partial charge is 0.337 e. The molecule has 0 radical (unpaired) electrons. The second kappa shape index (κ2) is 4.58. The zero-order valence-electron chi connectivity index (χ0n) is 9.99. The molecule has 4 nitrogen and oxygen atoms in total. The van der Waals surface area contributed by atoms with E-state index in [4.69, 9.17) is 4.52 Å². The van der Waals surface area contributed by atoms with Crippen LogP contribution >= 0.6 is 15.9 Å². The van der Waals surface area contributed by atoms with Crippen molar-refractivity contribution in [1.29, 1.82) is 0 Å². The fraction of sp³-hybridized carbons (Fsp3) is 0.333. The van der Waals surface area contributed by atoms with Crippen LogP contribution in [0.25, 0.3) is 11.4 Å². The lowest BCUT2D eigenvalue weighted by atomic mass is 10.1. The molecule has 1 heterocycles. The van der Waals surface area contributed by atoms with E-state index in [0.717, 1.165) is 10.0 Å². The molecule has 0 aliphatic heterocycles. The normalized spacial score (nSPS) is 11.8. The summed E-state index contributed by atoms with van der Waals surface area (Å²) in [5.41, 5.74) is 0.621. The van der Waals surface area contributed by atoms with E-state index in [-0.39, 0.29) is 5.54 Å². The van der Waals surface area contributed by atoms with E-state index in [2.05, 4.69) is 31.4 Å². The zero-order chi connectivity index (χ0) is 12.5. The average molecular weight is 296 g/mol. The Balaban J connectivity index is 2.33. The first-order valence-electron chi connectivity index (χ1n) is 5.32. The van der Waals surface area contributed by atoms with Crippen molar-refractivity contribution in [1.82, 2.24) is 15.5 Å². The van der Waals surface area contributed by atoms with Gasteiger partial charge in [0.25, 0.3) is 0 Å². The maximum atomic E-state index is 5.27. The van der Waals surface area contributed by atoms with Gasteiger partial charge in [0.05, 0.1) is 5.54 Å². The second-order valence-electron chi connectivity index (χ2n) is 4.31. The molecule has 0 bridgehead atoms. The fourth-order valence-electron chi connectivity index (χ4n) is 1.30. The van der Waals surface area contributed by atoms with Crippen LogP contribution in [0.4, 0.5) is 0 Å². The number of nitrogens with zero attached hydrogens (tertiary/aromatic N) is 2. The Morgan fingerprint density at radius 3 is 2.47 bits per heavy atom. The van der Waals surface area contributed by atoms with Crippen LogP contribution in [0.5, 0.6) is 0 Å². The molecule has 0 amide bonds. The summed E-state index contributed by atoms with van der Waals surface area (Å²) in [5, 5.41) is 7.12. The van der Waals surface area contributed by atoms with Gasteiger partial charge in [-0.1, -0.05) is 21.1 Å². The van der Waals surface area contributed by atoms with Crippen molar-refractivity contribution in [3.05, 3.63) is 34.6 Å². The molecule has 0 spiro atoms. The van der Waals surface area contributed by atoms with Crippen LogP contribution in [0.15, 0.2) is 33.3 Å². The molecule has 0 aliphatic rings. The molecular weight excluding hydrogens is 282 g/mol. The van der Waals surface area contributed by atoms with Gasteiger partial charge in [-0.05, 0) is 45.2 Å². The predicted octanol–water partition coefficient (Wildman–Crippen LogP) is 2.95. The SMILES string of the molecule is CNC(C)(C)c1nc(-c2ccc(Br)cc2)no1. The third-order valence-electron chi connectivity index (χ3n) is 2.69. The highest BCUT2D eigenvalue weighted by Crippen LogP contribution is 2.23. The highest BCUT2D eigenvalue weighted by molar-refractivity contribution is 9.10. The van der Waals surface area contributed by atoms with E-state index < -0.39 is 0 Å². The monoisotopic (exact) mass is 295 g/mol. The second-order valence-corrected chi connectivity index (χ2v) is 5.22. The molecule has 0 aliphatic carbocycles. The van der Waals surface area contributed by atoms with Gasteiger partial charge in [0.2, 0.25) is 11.7 Å². The standard InChI is InChI=1S/C12H14BrN3O/c1-12(2,14-3)11-15-10(16-17-11)8-4-6-9(13)7-5-8/h4-7,14H,1-3H3. The molecule has 0 saturated heterocycles. The first-order chi connectivity index (χ1) is 8.03. The van der Waals surface area contributed by atoms with Gasteiger partial charge >= 0.3 is 0 Å². The minimum Gasteiger partial charge on any atom is -0.337 e. The Kier molecular flexibility index (Phi) is 3.31. The maximum Gasteiger partial charge on any atom is 0.246 e. The lowest BCUT2D eigenvalue weighted by Crippen LogP contribution is -2.33. The highest BCUT2D eigenvalue weighted by Gasteiger charge is 2.25. The van der Waals surface area contributed by atoms with E-state index in [0.29, 0.717) is 11.7 Å². The third kappa shape index (κ3) is 2.56. The number of hydrogen-bond donors (Lipinski definition) is 1. The summed E-state index contributed by atoms with van der Waals surface area (Å²) in [6.07, 6.45) is 0. The molecule has 17 heavy (non-hydrogen) atoms.